The molecule has 5 nitrogen and oxygen atoms in total. The lowest BCUT2D eigenvalue weighted by molar-refractivity contribution is 0.241. The van der Waals surface area contributed by atoms with Gasteiger partial charge in [-0.3, -0.25) is 9.69 Å². The Balaban J connectivity index is 1.49. The van der Waals surface area contributed by atoms with Gasteiger partial charge in [0.1, 0.15) is 11.6 Å². The molecule has 0 spiro atoms. The summed E-state index contributed by atoms with van der Waals surface area (Å²) in [5.41, 5.74) is 2.97. The van der Waals surface area contributed by atoms with Gasteiger partial charge in [-0.25, -0.2) is 4.98 Å². The molecule has 1 saturated carbocycles. The quantitative estimate of drug-likeness (QED) is 0.860. The van der Waals surface area contributed by atoms with Crippen LogP contribution in [0.3, 0.4) is 0 Å². The first-order valence-corrected chi connectivity index (χ1v) is 10.2. The predicted octanol–water partition coefficient (Wildman–Crippen LogP) is 4.04. The van der Waals surface area contributed by atoms with Crippen molar-refractivity contribution in [3.05, 3.63) is 56.2 Å². The molecule has 2 aliphatic rings. The molecule has 6 heteroatoms. The first-order valence-electron chi connectivity index (χ1n) is 9.81. The first-order chi connectivity index (χ1) is 13.1. The number of H-pyrrole nitrogens is 1. The van der Waals surface area contributed by atoms with Crippen LogP contribution >= 0.6 is 11.6 Å². The Hall–Kier alpha value is -1.85. The van der Waals surface area contributed by atoms with Crippen molar-refractivity contribution in [1.29, 1.82) is 0 Å². The zero-order valence-corrected chi connectivity index (χ0v) is 16.5. The Labute approximate surface area is 164 Å². The topological polar surface area (TPSA) is 58.2 Å². The van der Waals surface area contributed by atoms with E-state index in [9.17, 15) is 4.79 Å². The zero-order chi connectivity index (χ0) is 18.8. The van der Waals surface area contributed by atoms with Gasteiger partial charge in [-0.1, -0.05) is 36.9 Å². The van der Waals surface area contributed by atoms with Gasteiger partial charge < -0.3 is 9.72 Å². The number of hydrogen-bond acceptors (Lipinski definition) is 4. The molecule has 27 heavy (non-hydrogen) atoms. The van der Waals surface area contributed by atoms with Crippen molar-refractivity contribution in [2.24, 2.45) is 0 Å². The van der Waals surface area contributed by atoms with E-state index in [-0.39, 0.29) is 5.56 Å². The molecule has 4 rings (SSSR count). The maximum atomic E-state index is 12.7. The average Bonchev–Trinajstić information content (AvgIpc) is 2.69. The van der Waals surface area contributed by atoms with E-state index in [4.69, 9.17) is 21.3 Å². The molecule has 1 aliphatic carbocycles. The van der Waals surface area contributed by atoms with Gasteiger partial charge in [-0.2, -0.15) is 0 Å². The average molecular weight is 388 g/mol. The predicted molar refractivity (Wildman–Crippen MR) is 107 cm³/mol. The first kappa shape index (κ1) is 18.5. The molecular weight excluding hydrogens is 362 g/mol. The lowest BCUT2D eigenvalue weighted by Crippen LogP contribution is -2.36. The van der Waals surface area contributed by atoms with E-state index in [1.54, 1.807) is 7.11 Å². The number of halogens is 1. The van der Waals surface area contributed by atoms with Crippen molar-refractivity contribution in [3.63, 3.8) is 0 Å². The molecule has 2 heterocycles. The van der Waals surface area contributed by atoms with E-state index < -0.39 is 0 Å². The van der Waals surface area contributed by atoms with Crippen molar-refractivity contribution in [2.45, 2.75) is 57.5 Å². The molecule has 1 aromatic heterocycles. The molecule has 0 atom stereocenters. The molecule has 1 aliphatic heterocycles. The van der Waals surface area contributed by atoms with E-state index >= 15 is 0 Å². The molecule has 144 valence electrons. The maximum Gasteiger partial charge on any atom is 0.255 e. The Bertz CT molecular complexity index is 874. The minimum Gasteiger partial charge on any atom is -0.495 e. The number of aromatic nitrogens is 2. The summed E-state index contributed by atoms with van der Waals surface area (Å²) in [6.07, 6.45) is 6.89. The van der Waals surface area contributed by atoms with E-state index in [0.29, 0.717) is 23.2 Å². The summed E-state index contributed by atoms with van der Waals surface area (Å²) in [5, 5.41) is 0.615. The van der Waals surface area contributed by atoms with E-state index in [0.717, 1.165) is 55.0 Å². The summed E-state index contributed by atoms with van der Waals surface area (Å²) < 4.78 is 5.21. The second-order valence-electron chi connectivity index (χ2n) is 7.64. The number of methoxy groups -OCH3 is 1. The van der Waals surface area contributed by atoms with E-state index in [2.05, 4.69) is 9.88 Å². The monoisotopic (exact) mass is 387 g/mol. The van der Waals surface area contributed by atoms with Crippen molar-refractivity contribution < 1.29 is 4.74 Å². The van der Waals surface area contributed by atoms with Gasteiger partial charge in [0.05, 0.1) is 23.4 Å². The third kappa shape index (κ3) is 4.04. The number of nitrogens with zero attached hydrogens (tertiary/aromatic N) is 2. The molecule has 1 aromatic carbocycles. The Kier molecular flexibility index (Phi) is 5.50. The van der Waals surface area contributed by atoms with Crippen LogP contribution in [-0.2, 0) is 19.5 Å². The fourth-order valence-electron chi connectivity index (χ4n) is 4.27. The van der Waals surface area contributed by atoms with Crippen LogP contribution in [0.4, 0.5) is 0 Å². The lowest BCUT2D eigenvalue weighted by Gasteiger charge is -2.29. The largest absolute Gasteiger partial charge is 0.495 e. The Morgan fingerprint density at radius 1 is 1.30 bits per heavy atom. The van der Waals surface area contributed by atoms with Crippen LogP contribution in [0, 0.1) is 0 Å². The summed E-state index contributed by atoms with van der Waals surface area (Å²) in [5.74, 6) is 2.02. The van der Waals surface area contributed by atoms with Crippen LogP contribution in [-0.4, -0.2) is 28.5 Å². The summed E-state index contributed by atoms with van der Waals surface area (Å²) in [6, 6.07) is 5.85. The SMILES string of the molecule is COc1ccc(CN2CCc3nc(C4CCCCC4)[nH]c(=O)c3C2)cc1Cl. The zero-order valence-electron chi connectivity index (χ0n) is 15.8. The van der Waals surface area contributed by atoms with Gasteiger partial charge in [0.25, 0.3) is 5.56 Å². The summed E-state index contributed by atoms with van der Waals surface area (Å²) >= 11 is 6.24. The van der Waals surface area contributed by atoms with Crippen LogP contribution in [0.5, 0.6) is 5.75 Å². The van der Waals surface area contributed by atoms with Crippen molar-refractivity contribution in [2.75, 3.05) is 13.7 Å². The van der Waals surface area contributed by atoms with Crippen LogP contribution < -0.4 is 10.3 Å². The molecule has 0 bridgehead atoms. The number of nitrogens with one attached hydrogen (secondary N) is 1. The fourth-order valence-corrected chi connectivity index (χ4v) is 4.55. The highest BCUT2D eigenvalue weighted by Crippen LogP contribution is 2.31. The molecule has 0 amide bonds. The smallest absolute Gasteiger partial charge is 0.255 e. The lowest BCUT2D eigenvalue weighted by atomic mass is 9.88. The Morgan fingerprint density at radius 3 is 2.85 bits per heavy atom. The number of aromatic amines is 1. The van der Waals surface area contributed by atoms with Gasteiger partial charge in [0, 0.05) is 32.0 Å². The van der Waals surface area contributed by atoms with Crippen LogP contribution in [0.25, 0.3) is 0 Å². The third-order valence-corrected chi connectivity index (χ3v) is 6.08. The molecule has 1 N–H and O–H groups in total. The summed E-state index contributed by atoms with van der Waals surface area (Å²) in [6.45, 7) is 2.29. The van der Waals surface area contributed by atoms with Crippen LogP contribution in [0.2, 0.25) is 5.02 Å². The van der Waals surface area contributed by atoms with Crippen molar-refractivity contribution in [3.8, 4) is 5.75 Å². The molecule has 0 radical (unpaired) electrons. The number of ether oxygens (including phenoxy) is 1. The highest BCUT2D eigenvalue weighted by Gasteiger charge is 2.24. The van der Waals surface area contributed by atoms with Crippen LogP contribution in [0.15, 0.2) is 23.0 Å². The van der Waals surface area contributed by atoms with Gasteiger partial charge in [0.2, 0.25) is 0 Å². The molecule has 2 aromatic rings. The van der Waals surface area contributed by atoms with E-state index in [1.807, 2.05) is 18.2 Å². The standard InChI is InChI=1S/C21H26ClN3O2/c1-27-19-8-7-14(11-17(19)22)12-25-10-9-18-16(13-25)21(26)24-20(23-18)15-5-3-2-4-6-15/h7-8,11,15H,2-6,9-10,12-13H2,1H3,(H,23,24,26). The Morgan fingerprint density at radius 2 is 2.11 bits per heavy atom. The maximum absolute atomic E-state index is 12.7. The van der Waals surface area contributed by atoms with Crippen molar-refractivity contribution in [1.82, 2.24) is 14.9 Å². The normalized spacial score (nSPS) is 18.3. The number of benzene rings is 1. The van der Waals surface area contributed by atoms with Gasteiger partial charge in [-0.15, -0.1) is 0 Å². The third-order valence-electron chi connectivity index (χ3n) is 5.78. The minimum atomic E-state index is 0.0398. The van der Waals surface area contributed by atoms with Gasteiger partial charge >= 0.3 is 0 Å². The molecule has 1 fully saturated rings. The van der Waals surface area contributed by atoms with Crippen molar-refractivity contribution >= 4 is 11.6 Å². The number of fused-ring (bicyclic) bond motifs is 1. The number of hydrogen-bond donors (Lipinski definition) is 1. The second-order valence-corrected chi connectivity index (χ2v) is 8.05. The van der Waals surface area contributed by atoms with Gasteiger partial charge in [0.15, 0.2) is 0 Å². The highest BCUT2D eigenvalue weighted by atomic mass is 35.5. The molecular formula is C21H26ClN3O2. The number of rotatable bonds is 4. The highest BCUT2D eigenvalue weighted by molar-refractivity contribution is 6.32. The molecule has 0 unspecified atom stereocenters. The molecule has 0 saturated heterocycles. The fraction of sp³-hybridized carbons (Fsp3) is 0.524. The second kappa shape index (κ2) is 8.03. The van der Waals surface area contributed by atoms with Gasteiger partial charge in [-0.05, 0) is 30.5 Å². The summed E-state index contributed by atoms with van der Waals surface area (Å²) in [7, 11) is 1.61. The summed E-state index contributed by atoms with van der Waals surface area (Å²) in [4.78, 5) is 22.9. The van der Waals surface area contributed by atoms with Crippen LogP contribution in [0.1, 0.15) is 60.7 Å². The minimum absolute atomic E-state index is 0.0398. The van der Waals surface area contributed by atoms with E-state index in [1.165, 1.54) is 19.3 Å².